The summed E-state index contributed by atoms with van der Waals surface area (Å²) in [4.78, 5) is 20.1. The lowest BCUT2D eigenvalue weighted by Gasteiger charge is -2.07. The van der Waals surface area contributed by atoms with Gasteiger partial charge in [-0.15, -0.1) is 0 Å². The van der Waals surface area contributed by atoms with Crippen LogP contribution in [0.5, 0.6) is 0 Å². The minimum absolute atomic E-state index is 0.537. The van der Waals surface area contributed by atoms with Crippen LogP contribution in [0, 0.1) is 0 Å². The van der Waals surface area contributed by atoms with E-state index in [-0.39, 0.29) is 0 Å². The van der Waals surface area contributed by atoms with E-state index in [0.717, 1.165) is 0 Å². The van der Waals surface area contributed by atoms with E-state index in [1.165, 1.54) is 6.55 Å². The molecule has 0 amide bonds. The van der Waals surface area contributed by atoms with Crippen molar-refractivity contribution in [3.63, 3.8) is 0 Å². The standard InChI is InChI=1S/C7H9O2Si/c1-10(8,9)7-5-3-2-4-6-7/h2-6,8H,1H3. The summed E-state index contributed by atoms with van der Waals surface area (Å²) in [6.45, 7) is 1.36. The highest BCUT2D eigenvalue weighted by molar-refractivity contribution is 6.77. The van der Waals surface area contributed by atoms with Crippen molar-refractivity contribution in [3.05, 3.63) is 30.3 Å². The first kappa shape index (κ1) is 7.46. The first-order valence-corrected chi connectivity index (χ1v) is 5.44. The Labute approximate surface area is 61.0 Å². The Morgan fingerprint density at radius 2 is 1.80 bits per heavy atom. The third-order valence-corrected chi connectivity index (χ3v) is 2.71. The lowest BCUT2D eigenvalue weighted by Crippen LogP contribution is -2.43. The maximum atomic E-state index is 11.0. The second kappa shape index (κ2) is 2.54. The second-order valence-electron chi connectivity index (χ2n) is 2.35. The van der Waals surface area contributed by atoms with Gasteiger partial charge < -0.3 is 4.80 Å². The molecule has 0 bridgehead atoms. The van der Waals surface area contributed by atoms with E-state index < -0.39 is 8.56 Å². The van der Waals surface area contributed by atoms with Gasteiger partial charge in [0.05, 0.1) is 0 Å². The molecule has 53 valence electrons. The summed E-state index contributed by atoms with van der Waals surface area (Å²) in [5, 5.41) is 0.537. The van der Waals surface area contributed by atoms with Gasteiger partial charge in [-0.25, -0.2) is 0 Å². The summed E-state index contributed by atoms with van der Waals surface area (Å²) in [6.07, 6.45) is 0. The molecule has 0 fully saturated rings. The van der Waals surface area contributed by atoms with Gasteiger partial charge in [-0.1, -0.05) is 30.3 Å². The van der Waals surface area contributed by atoms with Crippen LogP contribution >= 0.6 is 0 Å². The molecule has 1 aromatic rings. The number of benzene rings is 1. The van der Waals surface area contributed by atoms with Crippen LogP contribution < -0.4 is 5.19 Å². The topological polar surface area (TPSA) is 40.1 Å². The van der Waals surface area contributed by atoms with Crippen molar-refractivity contribution in [2.75, 3.05) is 0 Å². The lowest BCUT2D eigenvalue weighted by atomic mass is 10.4. The fraction of sp³-hybridized carbons (Fsp3) is 0.143. The highest BCUT2D eigenvalue weighted by Gasteiger charge is 2.26. The Hall–Kier alpha value is -0.643. The molecule has 0 aliphatic heterocycles. The Balaban J connectivity index is 2.97. The van der Waals surface area contributed by atoms with Crippen LogP contribution in [0.3, 0.4) is 0 Å². The summed E-state index contributed by atoms with van der Waals surface area (Å²) in [6, 6.07) is 8.67. The quantitative estimate of drug-likeness (QED) is 0.582. The summed E-state index contributed by atoms with van der Waals surface area (Å²) in [5.74, 6) is 0. The zero-order chi connectivity index (χ0) is 7.61. The van der Waals surface area contributed by atoms with Crippen LogP contribution in [0.25, 0.3) is 0 Å². The molecule has 0 saturated heterocycles. The smallest absolute Gasteiger partial charge is 0.400 e. The van der Waals surface area contributed by atoms with Crippen molar-refractivity contribution in [1.29, 1.82) is 0 Å². The van der Waals surface area contributed by atoms with Crippen molar-refractivity contribution in [2.45, 2.75) is 6.55 Å². The van der Waals surface area contributed by atoms with Crippen LogP contribution in [0.4, 0.5) is 0 Å². The van der Waals surface area contributed by atoms with E-state index in [9.17, 15) is 4.80 Å². The van der Waals surface area contributed by atoms with E-state index in [1.807, 2.05) is 6.07 Å². The summed E-state index contributed by atoms with van der Waals surface area (Å²) in [5.41, 5.74) is 0. The highest BCUT2D eigenvalue weighted by atomic mass is 28.4. The largest absolute Gasteiger partial charge is 0.406 e. The zero-order valence-electron chi connectivity index (χ0n) is 5.74. The Kier molecular flexibility index (Phi) is 1.89. The molecule has 1 unspecified atom stereocenters. The van der Waals surface area contributed by atoms with Gasteiger partial charge in [0.25, 0.3) is 0 Å². The molecule has 3 heteroatoms. The lowest BCUT2D eigenvalue weighted by molar-refractivity contribution is 0.321. The molecule has 1 atom stereocenters. The molecule has 1 rings (SSSR count). The Morgan fingerprint density at radius 3 is 2.10 bits per heavy atom. The van der Waals surface area contributed by atoms with Crippen LogP contribution in [0.2, 0.25) is 6.55 Å². The molecule has 0 saturated carbocycles. The maximum absolute atomic E-state index is 11.0. The van der Waals surface area contributed by atoms with Crippen molar-refractivity contribution in [1.82, 2.24) is 0 Å². The van der Waals surface area contributed by atoms with E-state index in [1.54, 1.807) is 24.3 Å². The van der Waals surface area contributed by atoms with Crippen LogP contribution in [-0.4, -0.2) is 13.4 Å². The summed E-state index contributed by atoms with van der Waals surface area (Å²) < 4.78 is 0. The number of rotatable bonds is 1. The van der Waals surface area contributed by atoms with Gasteiger partial charge in [-0.05, 0) is 11.7 Å². The molecular weight excluding hydrogens is 144 g/mol. The molecule has 0 aliphatic rings. The van der Waals surface area contributed by atoms with Crippen molar-refractivity contribution >= 4 is 13.7 Å². The maximum Gasteiger partial charge on any atom is 0.400 e. The van der Waals surface area contributed by atoms with Gasteiger partial charge in [0.1, 0.15) is 0 Å². The first-order valence-electron chi connectivity index (χ1n) is 3.09. The van der Waals surface area contributed by atoms with Crippen LogP contribution in [0.1, 0.15) is 0 Å². The third-order valence-electron chi connectivity index (χ3n) is 1.31. The van der Waals surface area contributed by atoms with Crippen LogP contribution in [-0.2, 0) is 4.80 Å². The molecule has 1 radical (unpaired) electrons. The zero-order valence-corrected chi connectivity index (χ0v) is 6.74. The fourth-order valence-corrected chi connectivity index (χ4v) is 1.56. The molecule has 0 heterocycles. The van der Waals surface area contributed by atoms with Gasteiger partial charge in [-0.2, -0.15) is 0 Å². The molecular formula is C7H9O2Si. The minimum Gasteiger partial charge on any atom is -0.406 e. The van der Waals surface area contributed by atoms with E-state index in [0.29, 0.717) is 5.19 Å². The summed E-state index contributed by atoms with van der Waals surface area (Å²) in [7, 11) is -3.28. The SMILES string of the molecule is C[Si]([O])(O)c1ccccc1. The number of hydrogen-bond acceptors (Lipinski definition) is 1. The molecule has 0 aromatic heterocycles. The summed E-state index contributed by atoms with van der Waals surface area (Å²) >= 11 is 0. The van der Waals surface area contributed by atoms with Crippen molar-refractivity contribution in [2.24, 2.45) is 0 Å². The molecule has 1 aromatic carbocycles. The van der Waals surface area contributed by atoms with Crippen molar-refractivity contribution < 1.29 is 9.59 Å². The first-order chi connectivity index (χ1) is 4.61. The van der Waals surface area contributed by atoms with E-state index >= 15 is 0 Å². The number of hydrogen-bond donors (Lipinski definition) is 1. The third kappa shape index (κ3) is 1.67. The van der Waals surface area contributed by atoms with Crippen molar-refractivity contribution in [3.8, 4) is 0 Å². The average Bonchev–Trinajstić information content (AvgIpc) is 1.88. The van der Waals surface area contributed by atoms with Crippen LogP contribution in [0.15, 0.2) is 30.3 Å². The van der Waals surface area contributed by atoms with E-state index in [4.69, 9.17) is 4.80 Å². The molecule has 2 nitrogen and oxygen atoms in total. The highest BCUT2D eigenvalue weighted by Crippen LogP contribution is 1.93. The molecule has 10 heavy (non-hydrogen) atoms. The van der Waals surface area contributed by atoms with Gasteiger partial charge in [-0.3, -0.25) is 4.80 Å². The Bertz CT molecular complexity index is 203. The molecule has 0 spiro atoms. The fourth-order valence-electron chi connectivity index (χ4n) is 0.747. The van der Waals surface area contributed by atoms with E-state index in [2.05, 4.69) is 0 Å². The molecule has 1 N–H and O–H groups in total. The predicted octanol–water partition coefficient (Wildman–Crippen LogP) is 0.388. The average molecular weight is 153 g/mol. The Morgan fingerprint density at radius 1 is 1.30 bits per heavy atom. The predicted molar refractivity (Wildman–Crippen MR) is 40.6 cm³/mol. The van der Waals surface area contributed by atoms with Gasteiger partial charge in [0.15, 0.2) is 0 Å². The van der Waals surface area contributed by atoms with Gasteiger partial charge in [0, 0.05) is 0 Å². The van der Waals surface area contributed by atoms with Gasteiger partial charge in [0.2, 0.25) is 0 Å². The minimum atomic E-state index is -3.28. The second-order valence-corrected chi connectivity index (χ2v) is 4.89. The normalized spacial score (nSPS) is 11.5. The van der Waals surface area contributed by atoms with Gasteiger partial charge >= 0.3 is 8.56 Å². The monoisotopic (exact) mass is 153 g/mol. The molecule has 0 aliphatic carbocycles.